The fourth-order valence-corrected chi connectivity index (χ4v) is 4.44. The van der Waals surface area contributed by atoms with E-state index in [1.807, 2.05) is 6.07 Å². The first kappa shape index (κ1) is 21.9. The van der Waals surface area contributed by atoms with Crippen LogP contribution in [0.5, 0.6) is 0 Å². The third-order valence-electron chi connectivity index (χ3n) is 6.75. The summed E-state index contributed by atoms with van der Waals surface area (Å²) >= 11 is 0. The Bertz CT molecular complexity index is 800. The van der Waals surface area contributed by atoms with E-state index in [0.29, 0.717) is 5.92 Å². The molecule has 157 valence electrons. The summed E-state index contributed by atoms with van der Waals surface area (Å²) in [5.41, 5.74) is 9.43. The second-order valence-electron chi connectivity index (χ2n) is 9.04. The average molecular weight is 412 g/mol. The molecule has 0 amide bonds. The van der Waals surface area contributed by atoms with Crippen LogP contribution < -0.4 is 15.2 Å². The largest absolute Gasteiger partial charge is 0.399 e. The minimum absolute atomic E-state index is 0.104. The molecule has 6 heteroatoms. The minimum atomic E-state index is 0.104. The first-order valence-corrected chi connectivity index (χ1v) is 11.6. The summed E-state index contributed by atoms with van der Waals surface area (Å²) in [6.45, 7) is 15.6. The predicted octanol–water partition coefficient (Wildman–Crippen LogP) is 2.84. The summed E-state index contributed by atoms with van der Waals surface area (Å²) in [5, 5.41) is 0. The molecule has 1 aliphatic rings. The maximum Gasteiger partial charge on any atom is 0.244 e. The second kappa shape index (κ2) is 9.35. The summed E-state index contributed by atoms with van der Waals surface area (Å²) in [6.07, 6.45) is 7.89. The van der Waals surface area contributed by atoms with Crippen LogP contribution in [-0.4, -0.2) is 52.4 Å². The highest BCUT2D eigenvalue weighted by Crippen LogP contribution is 2.27. The molecule has 0 bridgehead atoms. The van der Waals surface area contributed by atoms with Gasteiger partial charge in [-0.25, -0.2) is 9.13 Å². The molecule has 1 aromatic heterocycles. The van der Waals surface area contributed by atoms with Crippen LogP contribution in [0.3, 0.4) is 0 Å². The third kappa shape index (κ3) is 5.23. The molecule has 3 rings (SSSR count). The maximum absolute atomic E-state index is 5.99. The summed E-state index contributed by atoms with van der Waals surface area (Å²) < 4.78 is 4.68. The summed E-state index contributed by atoms with van der Waals surface area (Å²) in [4.78, 5) is 5.10. The number of rotatable bonds is 7. The van der Waals surface area contributed by atoms with Gasteiger partial charge in [0.05, 0.1) is 0 Å². The molecule has 2 aromatic rings. The number of aromatic nitrogens is 2. The van der Waals surface area contributed by atoms with Gasteiger partial charge in [-0.05, 0) is 56.9 Å². The Balaban J connectivity index is 1.54. The number of hydrogen-bond acceptors (Lipinski definition) is 3. The van der Waals surface area contributed by atoms with Crippen LogP contribution in [0.4, 0.5) is 11.4 Å². The molecule has 1 aromatic carbocycles. The van der Waals surface area contributed by atoms with Gasteiger partial charge in [0.1, 0.15) is 24.5 Å². The van der Waals surface area contributed by atoms with Crippen molar-refractivity contribution in [1.29, 1.82) is 0 Å². The Morgan fingerprint density at radius 1 is 1.21 bits per heavy atom. The zero-order valence-corrected chi connectivity index (χ0v) is 19.6. The number of nitrogen functional groups attached to an aromatic ring is 1. The van der Waals surface area contributed by atoms with Gasteiger partial charge in [-0.1, -0.05) is 13.0 Å². The van der Waals surface area contributed by atoms with E-state index in [1.54, 1.807) is 0 Å². The molecule has 0 saturated carbocycles. The van der Waals surface area contributed by atoms with Gasteiger partial charge in [-0.15, -0.1) is 0 Å². The van der Waals surface area contributed by atoms with Crippen LogP contribution in [0.1, 0.15) is 32.8 Å². The number of nitrogens with two attached hydrogens (primary N) is 1. The van der Waals surface area contributed by atoms with E-state index in [-0.39, 0.29) is 5.54 Å². The summed E-state index contributed by atoms with van der Waals surface area (Å²) in [5.74, 6) is 0.563. The number of imidazole rings is 1. The van der Waals surface area contributed by atoms with Crippen LogP contribution in [0.25, 0.3) is 0 Å². The molecule has 29 heavy (non-hydrogen) atoms. The first-order chi connectivity index (χ1) is 13.8. The highest BCUT2D eigenvalue weighted by molar-refractivity contribution is 6.08. The Morgan fingerprint density at radius 2 is 2.00 bits per heavy atom. The Kier molecular flexibility index (Phi) is 7.06. The lowest BCUT2D eigenvalue weighted by Gasteiger charge is -2.27. The normalized spacial score (nSPS) is 17.3. The van der Waals surface area contributed by atoms with Crippen LogP contribution in [0, 0.1) is 12.8 Å². The summed E-state index contributed by atoms with van der Waals surface area (Å²) in [6, 6.07) is 7.42. The van der Waals surface area contributed by atoms with Crippen LogP contribution in [-0.2, 0) is 12.1 Å². The molecule has 1 aliphatic heterocycles. The van der Waals surface area contributed by atoms with Crippen molar-refractivity contribution in [2.75, 3.05) is 43.4 Å². The van der Waals surface area contributed by atoms with Crippen LogP contribution in [0.2, 0.25) is 6.04 Å². The monoisotopic (exact) mass is 411 g/mol. The van der Waals surface area contributed by atoms with E-state index < -0.39 is 0 Å². The third-order valence-corrected chi connectivity index (χ3v) is 7.36. The lowest BCUT2D eigenvalue weighted by atomic mass is 9.90. The fourth-order valence-electron chi connectivity index (χ4n) is 3.94. The van der Waals surface area contributed by atoms with Gasteiger partial charge >= 0.3 is 0 Å². The van der Waals surface area contributed by atoms with E-state index in [1.165, 1.54) is 17.7 Å². The van der Waals surface area contributed by atoms with E-state index in [0.717, 1.165) is 51.0 Å². The number of benzene rings is 1. The van der Waals surface area contributed by atoms with E-state index in [9.17, 15) is 0 Å². The smallest absolute Gasteiger partial charge is 0.244 e. The molecule has 1 fully saturated rings. The van der Waals surface area contributed by atoms with Crippen molar-refractivity contribution in [3.8, 4) is 0 Å². The SMILES string of the molecule is Cc1cc(N2CCCN(CC[n+]3ccn(C(C)(C)C(C)C[Si])c3)CC2)ccc1N. The number of anilines is 2. The van der Waals surface area contributed by atoms with Gasteiger partial charge < -0.3 is 10.6 Å². The molecule has 0 spiro atoms. The molecule has 1 atom stereocenters. The van der Waals surface area contributed by atoms with Crippen LogP contribution in [0.15, 0.2) is 36.9 Å². The van der Waals surface area contributed by atoms with E-state index in [2.05, 4.69) is 87.7 Å². The number of hydrogen-bond donors (Lipinski definition) is 1. The fraction of sp³-hybridized carbons (Fsp3) is 0.609. The van der Waals surface area contributed by atoms with Crippen molar-refractivity contribution in [1.82, 2.24) is 9.47 Å². The first-order valence-electron chi connectivity index (χ1n) is 10.9. The highest BCUT2D eigenvalue weighted by Gasteiger charge is 2.31. The minimum Gasteiger partial charge on any atom is -0.399 e. The summed E-state index contributed by atoms with van der Waals surface area (Å²) in [7, 11) is 3.69. The lowest BCUT2D eigenvalue weighted by molar-refractivity contribution is -0.696. The molecule has 2 heterocycles. The molecular weight excluding hydrogens is 374 g/mol. The Labute approximate surface area is 179 Å². The molecular formula is C23H37N5Si+. The van der Waals surface area contributed by atoms with Gasteiger partial charge in [-0.2, -0.15) is 0 Å². The number of nitrogens with zero attached hydrogens (tertiary/aromatic N) is 4. The van der Waals surface area contributed by atoms with Crippen molar-refractivity contribution in [2.45, 2.75) is 52.2 Å². The number of aryl methyl sites for hydroxylation is 1. The Hall–Kier alpha value is -1.79. The van der Waals surface area contributed by atoms with Gasteiger partial charge in [0.25, 0.3) is 0 Å². The standard InChI is InChI=1S/C23H37N5Si/c1-19-16-21(6-7-22(19)24)27-9-5-8-25(12-14-27)10-11-26-13-15-28(18-26)23(3,4)20(2)17-29/h6-7,13,15-16,18,20H,5,8-12,14,17,24H2,1-4H3/q+1. The molecule has 2 N–H and O–H groups in total. The van der Waals surface area contributed by atoms with Gasteiger partial charge in [-0.3, -0.25) is 4.90 Å². The van der Waals surface area contributed by atoms with E-state index >= 15 is 0 Å². The molecule has 1 saturated heterocycles. The van der Waals surface area contributed by atoms with Crippen LogP contribution >= 0.6 is 0 Å². The molecule has 5 nitrogen and oxygen atoms in total. The van der Waals surface area contributed by atoms with Gasteiger partial charge in [0.15, 0.2) is 0 Å². The van der Waals surface area contributed by atoms with Gasteiger partial charge in [0.2, 0.25) is 6.33 Å². The zero-order chi connectivity index (χ0) is 21.0. The van der Waals surface area contributed by atoms with Gasteiger partial charge in [0, 0.05) is 54.3 Å². The predicted molar refractivity (Wildman–Crippen MR) is 123 cm³/mol. The van der Waals surface area contributed by atoms with Crippen molar-refractivity contribution >= 4 is 21.6 Å². The lowest BCUT2D eigenvalue weighted by Crippen LogP contribution is -2.41. The van der Waals surface area contributed by atoms with E-state index in [4.69, 9.17) is 5.73 Å². The molecule has 0 aliphatic carbocycles. The molecule has 3 radical (unpaired) electrons. The quantitative estimate of drug-likeness (QED) is 0.433. The topological polar surface area (TPSA) is 41.3 Å². The Morgan fingerprint density at radius 3 is 2.72 bits per heavy atom. The second-order valence-corrected chi connectivity index (χ2v) is 9.45. The highest BCUT2D eigenvalue weighted by atomic mass is 28.1. The van der Waals surface area contributed by atoms with Crippen molar-refractivity contribution < 1.29 is 4.57 Å². The van der Waals surface area contributed by atoms with Crippen molar-refractivity contribution in [2.24, 2.45) is 5.92 Å². The average Bonchev–Trinajstić information content (AvgIpc) is 3.07. The zero-order valence-electron chi connectivity index (χ0n) is 18.6. The van der Waals surface area contributed by atoms with Crippen molar-refractivity contribution in [3.05, 3.63) is 42.5 Å². The maximum atomic E-state index is 5.99. The van der Waals surface area contributed by atoms with Crippen molar-refractivity contribution in [3.63, 3.8) is 0 Å². The molecule has 1 unspecified atom stereocenters.